The Morgan fingerprint density at radius 1 is 1.06 bits per heavy atom. The Morgan fingerprint density at radius 3 is 2.59 bits per heavy atom. The van der Waals surface area contributed by atoms with Crippen LogP contribution in [0.3, 0.4) is 0 Å². The summed E-state index contributed by atoms with van der Waals surface area (Å²) in [4.78, 5) is 29.8. The zero-order chi connectivity index (χ0) is 22.9. The summed E-state index contributed by atoms with van der Waals surface area (Å²) in [6, 6.07) is 17.1. The highest BCUT2D eigenvalue weighted by Gasteiger charge is 2.21. The molecule has 0 bridgehead atoms. The van der Waals surface area contributed by atoms with E-state index in [1.807, 2.05) is 49.4 Å². The molecule has 0 unspecified atom stereocenters. The van der Waals surface area contributed by atoms with E-state index in [1.54, 1.807) is 16.8 Å². The minimum Gasteiger partial charge on any atom is -0.311 e. The van der Waals surface area contributed by atoms with E-state index in [4.69, 9.17) is 5.10 Å². The number of hydrogen-bond donors (Lipinski definition) is 1. The summed E-state index contributed by atoms with van der Waals surface area (Å²) in [5.74, 6) is 0.411. The first kappa shape index (κ1) is 21.5. The maximum absolute atomic E-state index is 12.8. The van der Waals surface area contributed by atoms with Crippen molar-refractivity contribution < 1.29 is 4.79 Å². The lowest BCUT2D eigenvalue weighted by Gasteiger charge is -2.14. The highest BCUT2D eigenvalue weighted by atomic mass is 16.2. The van der Waals surface area contributed by atoms with Gasteiger partial charge in [-0.2, -0.15) is 5.10 Å². The molecule has 4 rings (SSSR count). The van der Waals surface area contributed by atoms with Crippen LogP contribution in [0.1, 0.15) is 38.4 Å². The molecule has 2 aromatic heterocycles. The van der Waals surface area contributed by atoms with Crippen molar-refractivity contribution in [3.63, 3.8) is 0 Å². The van der Waals surface area contributed by atoms with Crippen molar-refractivity contribution in [1.82, 2.24) is 19.3 Å². The lowest BCUT2D eigenvalue weighted by Crippen LogP contribution is -2.24. The number of anilines is 1. The van der Waals surface area contributed by atoms with Crippen molar-refractivity contribution in [2.75, 3.05) is 5.32 Å². The summed E-state index contributed by atoms with van der Waals surface area (Å²) in [6.45, 7) is 8.51. The van der Waals surface area contributed by atoms with Crippen LogP contribution in [-0.2, 0) is 16.8 Å². The molecule has 0 saturated heterocycles. The van der Waals surface area contributed by atoms with E-state index in [9.17, 15) is 9.59 Å². The predicted octanol–water partition coefficient (Wildman–Crippen LogP) is 4.22. The monoisotopic (exact) mass is 429 g/mol. The van der Waals surface area contributed by atoms with Gasteiger partial charge >= 0.3 is 0 Å². The fourth-order valence-electron chi connectivity index (χ4n) is 3.49. The van der Waals surface area contributed by atoms with Gasteiger partial charge in [0.2, 0.25) is 5.91 Å². The molecule has 1 N–H and O–H groups in total. The standard InChI is InChI=1S/C25H27N5O2/c1-17-8-7-9-18(14-17)30-22(15-21(28-30)25(2,3)4)27-23(31)12-13-29-16-26-20-11-6-5-10-19(20)24(29)32/h5-11,14-16H,12-13H2,1-4H3,(H,27,31). The lowest BCUT2D eigenvalue weighted by molar-refractivity contribution is -0.116. The second-order valence-electron chi connectivity index (χ2n) is 8.97. The third-order valence-electron chi connectivity index (χ3n) is 5.30. The average Bonchev–Trinajstić information content (AvgIpc) is 3.18. The number of rotatable bonds is 5. The first-order valence-corrected chi connectivity index (χ1v) is 10.6. The summed E-state index contributed by atoms with van der Waals surface area (Å²) in [5, 5.41) is 8.27. The van der Waals surface area contributed by atoms with E-state index in [0.717, 1.165) is 16.9 Å². The molecular formula is C25H27N5O2. The van der Waals surface area contributed by atoms with E-state index in [-0.39, 0.29) is 29.8 Å². The maximum Gasteiger partial charge on any atom is 0.261 e. The molecule has 1 amide bonds. The van der Waals surface area contributed by atoms with Gasteiger partial charge in [0.15, 0.2) is 0 Å². The van der Waals surface area contributed by atoms with Gasteiger partial charge in [-0.05, 0) is 36.8 Å². The lowest BCUT2D eigenvalue weighted by atomic mass is 9.92. The number of aromatic nitrogens is 4. The molecule has 164 valence electrons. The topological polar surface area (TPSA) is 81.8 Å². The van der Waals surface area contributed by atoms with Gasteiger partial charge in [-0.15, -0.1) is 0 Å². The molecule has 2 aromatic carbocycles. The van der Waals surface area contributed by atoms with Gasteiger partial charge in [0.25, 0.3) is 5.56 Å². The molecule has 0 radical (unpaired) electrons. The molecular weight excluding hydrogens is 402 g/mol. The summed E-state index contributed by atoms with van der Waals surface area (Å²) >= 11 is 0. The summed E-state index contributed by atoms with van der Waals surface area (Å²) in [7, 11) is 0. The third-order valence-corrected chi connectivity index (χ3v) is 5.30. The maximum atomic E-state index is 12.8. The Morgan fingerprint density at radius 2 is 1.84 bits per heavy atom. The second kappa shape index (κ2) is 8.42. The molecule has 0 saturated carbocycles. The van der Waals surface area contributed by atoms with Crippen molar-refractivity contribution in [3.05, 3.63) is 82.5 Å². The Hall–Kier alpha value is -3.74. The molecule has 0 aliphatic rings. The fourth-order valence-corrected chi connectivity index (χ4v) is 3.49. The van der Waals surface area contributed by atoms with E-state index in [2.05, 4.69) is 31.1 Å². The van der Waals surface area contributed by atoms with Crippen molar-refractivity contribution in [3.8, 4) is 5.69 Å². The van der Waals surface area contributed by atoms with Crippen LogP contribution in [0.5, 0.6) is 0 Å². The van der Waals surface area contributed by atoms with Crippen LogP contribution in [0, 0.1) is 6.92 Å². The van der Waals surface area contributed by atoms with Gasteiger partial charge in [0.05, 0.1) is 28.6 Å². The molecule has 0 aliphatic carbocycles. The van der Waals surface area contributed by atoms with E-state index in [0.29, 0.717) is 16.7 Å². The van der Waals surface area contributed by atoms with Crippen molar-refractivity contribution in [2.24, 2.45) is 0 Å². The Labute approximate surface area is 186 Å². The number of aryl methyl sites for hydroxylation is 2. The number of hydrogen-bond acceptors (Lipinski definition) is 4. The smallest absolute Gasteiger partial charge is 0.261 e. The highest BCUT2D eigenvalue weighted by Crippen LogP contribution is 2.26. The summed E-state index contributed by atoms with van der Waals surface area (Å²) in [5.41, 5.74) is 3.20. The van der Waals surface area contributed by atoms with Gasteiger partial charge in [0.1, 0.15) is 5.82 Å². The quantitative estimate of drug-likeness (QED) is 0.515. The van der Waals surface area contributed by atoms with Crippen molar-refractivity contribution in [2.45, 2.75) is 46.1 Å². The van der Waals surface area contributed by atoms with Crippen LogP contribution < -0.4 is 10.9 Å². The van der Waals surface area contributed by atoms with Gasteiger partial charge in [-0.1, -0.05) is 45.0 Å². The molecule has 7 heteroatoms. The Kier molecular flexibility index (Phi) is 5.65. The number of para-hydroxylation sites is 1. The van der Waals surface area contributed by atoms with Crippen LogP contribution in [0.25, 0.3) is 16.6 Å². The van der Waals surface area contributed by atoms with E-state index >= 15 is 0 Å². The number of carbonyl (C=O) groups excluding carboxylic acids is 1. The number of amides is 1. The predicted molar refractivity (Wildman–Crippen MR) is 126 cm³/mol. The second-order valence-corrected chi connectivity index (χ2v) is 8.97. The van der Waals surface area contributed by atoms with Crippen LogP contribution in [-0.4, -0.2) is 25.2 Å². The number of carbonyl (C=O) groups is 1. The minimum atomic E-state index is -0.195. The molecule has 4 aromatic rings. The van der Waals surface area contributed by atoms with Crippen LogP contribution in [0.4, 0.5) is 5.82 Å². The largest absolute Gasteiger partial charge is 0.311 e. The molecule has 32 heavy (non-hydrogen) atoms. The first-order valence-electron chi connectivity index (χ1n) is 10.6. The van der Waals surface area contributed by atoms with E-state index in [1.165, 1.54) is 10.9 Å². The molecule has 0 atom stereocenters. The number of benzene rings is 2. The van der Waals surface area contributed by atoms with E-state index < -0.39 is 0 Å². The fraction of sp³-hybridized carbons (Fsp3) is 0.280. The molecule has 0 fully saturated rings. The van der Waals surface area contributed by atoms with Gasteiger partial charge < -0.3 is 5.32 Å². The molecule has 2 heterocycles. The van der Waals surface area contributed by atoms with Gasteiger partial charge in [0, 0.05) is 24.4 Å². The van der Waals surface area contributed by atoms with Crippen molar-refractivity contribution in [1.29, 1.82) is 0 Å². The van der Waals surface area contributed by atoms with Crippen LogP contribution >= 0.6 is 0 Å². The molecule has 7 nitrogen and oxygen atoms in total. The zero-order valence-electron chi connectivity index (χ0n) is 18.8. The van der Waals surface area contributed by atoms with Gasteiger partial charge in [-0.25, -0.2) is 9.67 Å². The molecule has 0 spiro atoms. The number of nitrogens with one attached hydrogen (secondary N) is 1. The van der Waals surface area contributed by atoms with Crippen molar-refractivity contribution >= 4 is 22.6 Å². The SMILES string of the molecule is Cc1cccc(-n2nc(C(C)(C)C)cc2NC(=O)CCn2cnc3ccccc3c2=O)c1. The highest BCUT2D eigenvalue weighted by molar-refractivity contribution is 5.90. The molecule has 0 aliphatic heterocycles. The third kappa shape index (κ3) is 4.46. The normalized spacial score (nSPS) is 11.6. The van der Waals surface area contributed by atoms with Crippen LogP contribution in [0.2, 0.25) is 0 Å². The average molecular weight is 430 g/mol. The number of nitrogens with zero attached hydrogens (tertiary/aromatic N) is 4. The Balaban J connectivity index is 1.56. The zero-order valence-corrected chi connectivity index (χ0v) is 18.8. The summed E-state index contributed by atoms with van der Waals surface area (Å²) in [6.07, 6.45) is 1.64. The Bertz CT molecular complexity index is 1340. The first-order chi connectivity index (χ1) is 15.2. The van der Waals surface area contributed by atoms with Gasteiger partial charge in [-0.3, -0.25) is 14.2 Å². The minimum absolute atomic E-state index is 0.143. The van der Waals surface area contributed by atoms with Crippen LogP contribution in [0.15, 0.2) is 65.7 Å². The summed E-state index contributed by atoms with van der Waals surface area (Å²) < 4.78 is 3.23. The number of fused-ring (bicyclic) bond motifs is 1.